The molecule has 0 bridgehead atoms. The number of hydrogen-bond donors (Lipinski definition) is 2. The molecule has 1 fully saturated rings. The van der Waals surface area contributed by atoms with Crippen molar-refractivity contribution in [3.05, 3.63) is 48.2 Å². The minimum Gasteiger partial charge on any atom is -0.496 e. The number of benzene rings is 2. The van der Waals surface area contributed by atoms with Crippen molar-refractivity contribution in [2.24, 2.45) is 0 Å². The van der Waals surface area contributed by atoms with Crippen LogP contribution in [0.15, 0.2) is 42.6 Å². The predicted molar refractivity (Wildman–Crippen MR) is 108 cm³/mol. The number of nitrogen functional groups attached to an aromatic ring is 1. The molecule has 2 aromatic carbocycles. The molecule has 28 heavy (non-hydrogen) atoms. The van der Waals surface area contributed by atoms with E-state index in [2.05, 4.69) is 6.07 Å². The minimum atomic E-state index is 0.171. The van der Waals surface area contributed by atoms with Crippen molar-refractivity contribution >= 4 is 27.5 Å². The first-order valence-electron chi connectivity index (χ1n) is 9.13. The van der Waals surface area contributed by atoms with E-state index in [1.165, 1.54) is 0 Å². The van der Waals surface area contributed by atoms with Crippen LogP contribution < -0.4 is 10.5 Å². The van der Waals surface area contributed by atoms with Crippen molar-refractivity contribution in [2.75, 3.05) is 12.8 Å². The first-order valence-corrected chi connectivity index (χ1v) is 9.13. The first-order chi connectivity index (χ1) is 13.6. The van der Waals surface area contributed by atoms with Crippen molar-refractivity contribution < 1.29 is 9.84 Å². The van der Waals surface area contributed by atoms with Crippen molar-refractivity contribution in [3.63, 3.8) is 0 Å². The lowest BCUT2D eigenvalue weighted by atomic mass is 9.96. The minimum absolute atomic E-state index is 0.171. The van der Waals surface area contributed by atoms with E-state index in [4.69, 9.17) is 15.5 Å². The summed E-state index contributed by atoms with van der Waals surface area (Å²) in [5, 5.41) is 21.6. The number of methoxy groups -OCH3 is 1. The number of aromatic hydroxyl groups is 1. The number of aromatic nitrogens is 2. The molecule has 4 aromatic rings. The summed E-state index contributed by atoms with van der Waals surface area (Å²) in [6.45, 7) is 0. The predicted octanol–water partition coefficient (Wildman–Crippen LogP) is 4.36. The van der Waals surface area contributed by atoms with Crippen LogP contribution in [0.3, 0.4) is 0 Å². The van der Waals surface area contributed by atoms with Gasteiger partial charge in [-0.2, -0.15) is 5.26 Å². The smallest absolute Gasteiger partial charge is 0.203 e. The maximum absolute atomic E-state index is 10.7. The molecule has 1 saturated carbocycles. The molecule has 5 rings (SSSR count). The van der Waals surface area contributed by atoms with Gasteiger partial charge >= 0.3 is 0 Å². The van der Waals surface area contributed by atoms with E-state index in [0.717, 1.165) is 23.8 Å². The van der Waals surface area contributed by atoms with Crippen molar-refractivity contribution in [3.8, 4) is 28.8 Å². The highest BCUT2D eigenvalue weighted by Gasteiger charge is 2.28. The van der Waals surface area contributed by atoms with E-state index in [-0.39, 0.29) is 5.88 Å². The molecule has 2 aromatic heterocycles. The number of nitrogens with zero attached hydrogens (tertiary/aromatic N) is 3. The fourth-order valence-corrected chi connectivity index (χ4v) is 3.89. The Morgan fingerprint density at radius 2 is 2.04 bits per heavy atom. The third-order valence-electron chi connectivity index (χ3n) is 5.39. The van der Waals surface area contributed by atoms with Crippen LogP contribution >= 0.6 is 0 Å². The number of hydrogen-bond acceptors (Lipinski definition) is 5. The average Bonchev–Trinajstić information content (AvgIpc) is 3.51. The quantitative estimate of drug-likeness (QED) is 0.558. The molecule has 0 saturated heterocycles. The van der Waals surface area contributed by atoms with Crippen LogP contribution in [0.2, 0.25) is 0 Å². The summed E-state index contributed by atoms with van der Waals surface area (Å²) in [6.07, 6.45) is 3.96. The summed E-state index contributed by atoms with van der Waals surface area (Å²) in [6, 6.07) is 13.6. The lowest BCUT2D eigenvalue weighted by molar-refractivity contribution is 0.416. The standard InChI is InChI=1S/C22H18N4O2/c1-28-17-7-2-4-12(10-23)18(17)14-5-3-6-15-20(24)19-16(25-21(14)15)11-26(22(19)27)13-8-9-13/h2-7,11,13,27H,8-9,24H2,1H3. The molecule has 0 amide bonds. The number of ether oxygens (including phenoxy) is 1. The van der Waals surface area contributed by atoms with E-state index in [1.807, 2.05) is 35.0 Å². The maximum Gasteiger partial charge on any atom is 0.203 e. The third-order valence-corrected chi connectivity index (χ3v) is 5.39. The van der Waals surface area contributed by atoms with Crippen molar-refractivity contribution in [1.82, 2.24) is 9.55 Å². The zero-order valence-corrected chi connectivity index (χ0v) is 15.3. The van der Waals surface area contributed by atoms with Gasteiger partial charge in [-0.3, -0.25) is 0 Å². The highest BCUT2D eigenvalue weighted by atomic mass is 16.5. The molecular weight excluding hydrogens is 352 g/mol. The Labute approximate surface area is 161 Å². The summed E-state index contributed by atoms with van der Waals surface area (Å²) in [5.41, 5.74) is 10.3. The fraction of sp³-hybridized carbons (Fsp3) is 0.182. The monoisotopic (exact) mass is 370 g/mol. The zero-order chi connectivity index (χ0) is 19.4. The number of pyridine rings is 1. The van der Waals surface area contributed by atoms with E-state index >= 15 is 0 Å². The molecule has 1 aliphatic carbocycles. The number of rotatable bonds is 3. The van der Waals surface area contributed by atoms with Crippen LogP contribution in [-0.4, -0.2) is 21.8 Å². The molecule has 3 N–H and O–H groups in total. The van der Waals surface area contributed by atoms with E-state index in [1.54, 1.807) is 19.2 Å². The van der Waals surface area contributed by atoms with Gasteiger partial charge in [0.2, 0.25) is 5.88 Å². The van der Waals surface area contributed by atoms with Gasteiger partial charge in [-0.25, -0.2) is 4.98 Å². The van der Waals surface area contributed by atoms with Gasteiger partial charge in [0.25, 0.3) is 0 Å². The van der Waals surface area contributed by atoms with Gasteiger partial charge in [0, 0.05) is 28.8 Å². The molecule has 1 aliphatic rings. The lowest BCUT2D eigenvalue weighted by Crippen LogP contribution is -1.96. The van der Waals surface area contributed by atoms with Gasteiger partial charge in [-0.15, -0.1) is 0 Å². The van der Waals surface area contributed by atoms with Crippen LogP contribution in [0.25, 0.3) is 32.9 Å². The van der Waals surface area contributed by atoms with Gasteiger partial charge in [0.1, 0.15) is 5.75 Å². The molecule has 2 heterocycles. The summed E-state index contributed by atoms with van der Waals surface area (Å²) in [7, 11) is 1.58. The van der Waals surface area contributed by atoms with Gasteiger partial charge in [-0.1, -0.05) is 24.3 Å². The Hall–Kier alpha value is -3.72. The zero-order valence-electron chi connectivity index (χ0n) is 15.3. The second-order valence-corrected chi connectivity index (χ2v) is 7.07. The largest absolute Gasteiger partial charge is 0.496 e. The lowest BCUT2D eigenvalue weighted by Gasteiger charge is -2.13. The summed E-state index contributed by atoms with van der Waals surface area (Å²) >= 11 is 0. The Morgan fingerprint density at radius 3 is 2.75 bits per heavy atom. The Kier molecular flexibility index (Phi) is 3.46. The van der Waals surface area contributed by atoms with E-state index < -0.39 is 0 Å². The maximum atomic E-state index is 10.7. The summed E-state index contributed by atoms with van der Waals surface area (Å²) < 4.78 is 7.38. The molecule has 0 unspecified atom stereocenters. The van der Waals surface area contributed by atoms with Gasteiger partial charge < -0.3 is 20.1 Å². The summed E-state index contributed by atoms with van der Waals surface area (Å²) in [4.78, 5) is 4.83. The third kappa shape index (κ3) is 2.23. The van der Waals surface area contributed by atoms with Crippen molar-refractivity contribution in [1.29, 1.82) is 5.26 Å². The topological polar surface area (TPSA) is 97.1 Å². The average molecular weight is 370 g/mol. The van der Waals surface area contributed by atoms with E-state index in [0.29, 0.717) is 45.0 Å². The van der Waals surface area contributed by atoms with Gasteiger partial charge in [0.05, 0.1) is 40.8 Å². The molecule has 0 spiro atoms. The van der Waals surface area contributed by atoms with Crippen LogP contribution in [0.5, 0.6) is 11.6 Å². The molecule has 0 atom stereocenters. The molecule has 0 radical (unpaired) electrons. The number of nitriles is 1. The van der Waals surface area contributed by atoms with Crippen LogP contribution in [-0.2, 0) is 0 Å². The van der Waals surface area contributed by atoms with Crippen molar-refractivity contribution in [2.45, 2.75) is 18.9 Å². The fourth-order valence-electron chi connectivity index (χ4n) is 3.89. The molecule has 6 nitrogen and oxygen atoms in total. The van der Waals surface area contributed by atoms with Crippen LogP contribution in [0.4, 0.5) is 5.69 Å². The Balaban J connectivity index is 1.88. The number of nitrogens with two attached hydrogens (primary N) is 1. The second kappa shape index (κ2) is 5.89. The number of para-hydroxylation sites is 1. The van der Waals surface area contributed by atoms with Gasteiger partial charge in [-0.05, 0) is 25.0 Å². The molecular formula is C22H18N4O2. The summed E-state index contributed by atoms with van der Waals surface area (Å²) in [5.74, 6) is 0.773. The van der Waals surface area contributed by atoms with Crippen LogP contribution in [0.1, 0.15) is 24.4 Å². The first kappa shape index (κ1) is 16.5. The second-order valence-electron chi connectivity index (χ2n) is 7.07. The van der Waals surface area contributed by atoms with E-state index in [9.17, 15) is 10.4 Å². The van der Waals surface area contributed by atoms with Gasteiger partial charge in [0.15, 0.2) is 0 Å². The Bertz CT molecular complexity index is 1300. The molecule has 138 valence electrons. The highest BCUT2D eigenvalue weighted by Crippen LogP contribution is 2.45. The highest BCUT2D eigenvalue weighted by molar-refractivity contribution is 6.12. The molecule has 6 heteroatoms. The molecule has 0 aliphatic heterocycles. The number of fused-ring (bicyclic) bond motifs is 2. The normalized spacial score (nSPS) is 13.7. The SMILES string of the molecule is COc1cccc(C#N)c1-c1cccc2c(N)c3c(O)n(C4CC4)cc3nc12. The van der Waals surface area contributed by atoms with Crippen LogP contribution in [0, 0.1) is 11.3 Å². The Morgan fingerprint density at radius 1 is 1.25 bits per heavy atom. The number of anilines is 1.